The lowest BCUT2D eigenvalue weighted by Gasteiger charge is -2.32. The highest BCUT2D eigenvalue weighted by Gasteiger charge is 2.43. The molecule has 3 heteroatoms. The first-order valence-corrected chi connectivity index (χ1v) is 6.42. The first-order valence-electron chi connectivity index (χ1n) is 6.42. The molecule has 2 aliphatic rings. The van der Waals surface area contributed by atoms with Gasteiger partial charge in [0.2, 0.25) is 0 Å². The second-order valence-corrected chi connectivity index (χ2v) is 5.86. The summed E-state index contributed by atoms with van der Waals surface area (Å²) in [6.45, 7) is 4.61. The van der Waals surface area contributed by atoms with E-state index in [1.54, 1.807) is 0 Å². The van der Waals surface area contributed by atoms with Crippen molar-refractivity contribution in [1.29, 1.82) is 5.26 Å². The van der Waals surface area contributed by atoms with E-state index in [0.717, 1.165) is 31.8 Å². The lowest BCUT2D eigenvalue weighted by molar-refractivity contribution is 0.159. The van der Waals surface area contributed by atoms with Crippen LogP contribution in [0.5, 0.6) is 0 Å². The van der Waals surface area contributed by atoms with Gasteiger partial charge in [-0.05, 0) is 52.2 Å². The summed E-state index contributed by atoms with van der Waals surface area (Å²) in [6, 6.07) is 2.48. The quantitative estimate of drug-likeness (QED) is 0.722. The van der Waals surface area contributed by atoms with Gasteiger partial charge in [0, 0.05) is 19.6 Å². The van der Waals surface area contributed by atoms with Crippen LogP contribution in [-0.2, 0) is 0 Å². The van der Waals surface area contributed by atoms with Crippen molar-refractivity contribution in [1.82, 2.24) is 9.80 Å². The molecule has 0 aromatic rings. The first kappa shape index (κ1) is 11.9. The number of hydrogen-bond donors (Lipinski definition) is 0. The molecular formula is C13H23N3. The van der Waals surface area contributed by atoms with Crippen molar-refractivity contribution in [2.24, 2.45) is 11.3 Å². The van der Waals surface area contributed by atoms with E-state index in [0.29, 0.717) is 0 Å². The van der Waals surface area contributed by atoms with E-state index in [2.05, 4.69) is 30.0 Å². The number of piperidine rings is 1. The Kier molecular flexibility index (Phi) is 3.51. The predicted molar refractivity (Wildman–Crippen MR) is 65.0 cm³/mol. The normalized spacial score (nSPS) is 29.0. The van der Waals surface area contributed by atoms with Crippen molar-refractivity contribution in [3.8, 4) is 6.07 Å². The van der Waals surface area contributed by atoms with Crippen molar-refractivity contribution in [2.75, 3.05) is 40.3 Å². The summed E-state index contributed by atoms with van der Waals surface area (Å²) >= 11 is 0. The maximum atomic E-state index is 9.07. The van der Waals surface area contributed by atoms with Gasteiger partial charge in [0.1, 0.15) is 0 Å². The number of likely N-dealkylation sites (tertiary alicyclic amines) is 1. The topological polar surface area (TPSA) is 30.3 Å². The average Bonchev–Trinajstić information content (AvgIpc) is 2.98. The summed E-state index contributed by atoms with van der Waals surface area (Å²) in [5.74, 6) is 0.804. The van der Waals surface area contributed by atoms with Crippen molar-refractivity contribution < 1.29 is 0 Å². The highest BCUT2D eigenvalue weighted by molar-refractivity contribution is 5.11. The largest absolute Gasteiger partial charge is 0.306 e. The van der Waals surface area contributed by atoms with Gasteiger partial charge in [-0.15, -0.1) is 0 Å². The highest BCUT2D eigenvalue weighted by atomic mass is 15.1. The van der Waals surface area contributed by atoms with Gasteiger partial charge in [0.15, 0.2) is 0 Å². The van der Waals surface area contributed by atoms with E-state index in [4.69, 9.17) is 5.26 Å². The molecule has 0 radical (unpaired) electrons. The molecule has 0 N–H and O–H groups in total. The first-order chi connectivity index (χ1) is 7.63. The highest BCUT2D eigenvalue weighted by Crippen LogP contribution is 2.45. The maximum absolute atomic E-state index is 9.07. The molecule has 1 saturated carbocycles. The number of rotatable bonds is 4. The molecule has 0 spiro atoms. The third-order valence-electron chi connectivity index (χ3n) is 3.96. The minimum atomic E-state index is 0.0231. The fourth-order valence-corrected chi connectivity index (χ4v) is 2.90. The Morgan fingerprint density at radius 3 is 2.81 bits per heavy atom. The summed E-state index contributed by atoms with van der Waals surface area (Å²) in [5, 5.41) is 9.07. The Bertz CT molecular complexity index is 277. The molecule has 90 valence electrons. The van der Waals surface area contributed by atoms with E-state index in [9.17, 15) is 0 Å². The van der Waals surface area contributed by atoms with E-state index >= 15 is 0 Å². The van der Waals surface area contributed by atoms with Crippen molar-refractivity contribution in [3.63, 3.8) is 0 Å². The van der Waals surface area contributed by atoms with Gasteiger partial charge in [0.25, 0.3) is 0 Å². The molecule has 0 aromatic carbocycles. The standard InChI is InChI=1S/C13H23N3/c1-15-7-3-4-12(8-15)9-16(2)11-13(10-14)5-6-13/h12H,3-9,11H2,1-2H3. The molecule has 1 saturated heterocycles. The van der Waals surface area contributed by atoms with Crippen LogP contribution in [0.2, 0.25) is 0 Å². The minimum absolute atomic E-state index is 0.0231. The van der Waals surface area contributed by atoms with Crippen LogP contribution in [0.15, 0.2) is 0 Å². The Hall–Kier alpha value is -0.590. The van der Waals surface area contributed by atoms with Crippen LogP contribution in [0.1, 0.15) is 25.7 Å². The van der Waals surface area contributed by atoms with Gasteiger partial charge in [-0.2, -0.15) is 5.26 Å². The van der Waals surface area contributed by atoms with Crippen LogP contribution < -0.4 is 0 Å². The zero-order valence-corrected chi connectivity index (χ0v) is 10.6. The maximum Gasteiger partial charge on any atom is 0.0703 e. The average molecular weight is 221 g/mol. The summed E-state index contributed by atoms with van der Waals surface area (Å²) in [6.07, 6.45) is 4.91. The molecule has 0 amide bonds. The van der Waals surface area contributed by atoms with Gasteiger partial charge in [-0.3, -0.25) is 0 Å². The summed E-state index contributed by atoms with van der Waals surface area (Å²) < 4.78 is 0. The number of nitrogens with zero attached hydrogens (tertiary/aromatic N) is 3. The predicted octanol–water partition coefficient (Wildman–Crippen LogP) is 1.56. The lowest BCUT2D eigenvalue weighted by Crippen LogP contribution is -2.39. The molecule has 3 nitrogen and oxygen atoms in total. The Morgan fingerprint density at radius 1 is 1.50 bits per heavy atom. The molecule has 1 heterocycles. The third kappa shape index (κ3) is 2.96. The van der Waals surface area contributed by atoms with Crippen molar-refractivity contribution >= 4 is 0 Å². The van der Waals surface area contributed by atoms with Crippen LogP contribution in [0, 0.1) is 22.7 Å². The van der Waals surface area contributed by atoms with E-state index in [1.807, 2.05) is 0 Å². The molecule has 1 unspecified atom stereocenters. The zero-order valence-electron chi connectivity index (χ0n) is 10.6. The van der Waals surface area contributed by atoms with Crippen LogP contribution >= 0.6 is 0 Å². The second kappa shape index (κ2) is 4.73. The minimum Gasteiger partial charge on any atom is -0.306 e. The van der Waals surface area contributed by atoms with Gasteiger partial charge in [-0.1, -0.05) is 0 Å². The number of hydrogen-bond acceptors (Lipinski definition) is 3. The van der Waals surface area contributed by atoms with E-state index in [-0.39, 0.29) is 5.41 Å². The van der Waals surface area contributed by atoms with Crippen LogP contribution in [0.25, 0.3) is 0 Å². The summed E-state index contributed by atoms with van der Waals surface area (Å²) in [7, 11) is 4.38. The Balaban J connectivity index is 1.74. The summed E-state index contributed by atoms with van der Waals surface area (Å²) in [5.41, 5.74) is 0.0231. The molecule has 1 aliphatic heterocycles. The molecular weight excluding hydrogens is 198 g/mol. The van der Waals surface area contributed by atoms with Gasteiger partial charge >= 0.3 is 0 Å². The van der Waals surface area contributed by atoms with Crippen LogP contribution in [0.3, 0.4) is 0 Å². The zero-order chi connectivity index (χ0) is 11.6. The van der Waals surface area contributed by atoms with Crippen molar-refractivity contribution in [3.05, 3.63) is 0 Å². The fraction of sp³-hybridized carbons (Fsp3) is 0.923. The van der Waals surface area contributed by atoms with Crippen molar-refractivity contribution in [2.45, 2.75) is 25.7 Å². The fourth-order valence-electron chi connectivity index (χ4n) is 2.90. The molecule has 0 bridgehead atoms. The smallest absolute Gasteiger partial charge is 0.0703 e. The lowest BCUT2D eigenvalue weighted by atomic mass is 9.97. The molecule has 2 rings (SSSR count). The Morgan fingerprint density at radius 2 is 2.25 bits per heavy atom. The van der Waals surface area contributed by atoms with Crippen LogP contribution in [0.4, 0.5) is 0 Å². The molecule has 16 heavy (non-hydrogen) atoms. The monoisotopic (exact) mass is 221 g/mol. The Labute approximate surface area is 99.0 Å². The third-order valence-corrected chi connectivity index (χ3v) is 3.96. The molecule has 0 aromatic heterocycles. The van der Waals surface area contributed by atoms with Crippen LogP contribution in [-0.4, -0.2) is 50.1 Å². The SMILES string of the molecule is CN1CCCC(CN(C)CC2(C#N)CC2)C1. The van der Waals surface area contributed by atoms with Gasteiger partial charge in [0.05, 0.1) is 11.5 Å². The van der Waals surface area contributed by atoms with Gasteiger partial charge < -0.3 is 9.80 Å². The molecule has 1 aliphatic carbocycles. The second-order valence-electron chi connectivity index (χ2n) is 5.86. The van der Waals surface area contributed by atoms with E-state index in [1.165, 1.54) is 25.9 Å². The van der Waals surface area contributed by atoms with E-state index < -0.39 is 0 Å². The molecule has 1 atom stereocenters. The number of nitriles is 1. The summed E-state index contributed by atoms with van der Waals surface area (Å²) in [4.78, 5) is 4.80. The molecule has 2 fully saturated rings. The van der Waals surface area contributed by atoms with Gasteiger partial charge in [-0.25, -0.2) is 0 Å².